The van der Waals surface area contributed by atoms with Gasteiger partial charge in [-0.05, 0) is 38.9 Å². The lowest BCUT2D eigenvalue weighted by Gasteiger charge is -2.30. The van der Waals surface area contributed by atoms with Gasteiger partial charge in [-0.2, -0.15) is 11.8 Å². The fraction of sp³-hybridized carbons (Fsp3) is 0.750. The molecule has 1 aromatic rings. The molecule has 0 radical (unpaired) electrons. The van der Waals surface area contributed by atoms with Crippen molar-refractivity contribution in [3.8, 4) is 0 Å². The Balaban J connectivity index is 0.00000264. The Morgan fingerprint density at radius 2 is 2.17 bits per heavy atom. The molecule has 0 aromatic carbocycles. The highest BCUT2D eigenvalue weighted by Gasteiger charge is 2.22. The van der Waals surface area contributed by atoms with E-state index in [1.807, 2.05) is 7.05 Å². The van der Waals surface area contributed by atoms with Crippen LogP contribution in [-0.2, 0) is 6.54 Å². The van der Waals surface area contributed by atoms with E-state index in [4.69, 9.17) is 0 Å². The van der Waals surface area contributed by atoms with Crippen LogP contribution in [0.25, 0.3) is 0 Å². The van der Waals surface area contributed by atoms with Crippen LogP contribution in [0.4, 0.5) is 0 Å². The predicted molar refractivity (Wildman–Crippen MR) is 115 cm³/mol. The first-order valence-corrected chi connectivity index (χ1v) is 10.0. The third kappa shape index (κ3) is 6.78. The third-order valence-electron chi connectivity index (χ3n) is 4.01. The Bertz CT molecular complexity index is 502. The number of nitrogens with zero attached hydrogens (tertiary/aromatic N) is 2. The number of thiazole rings is 1. The Labute approximate surface area is 165 Å². The largest absolute Gasteiger partial charge is 0.354 e. The molecule has 4 nitrogen and oxygen atoms in total. The molecule has 1 aliphatic rings. The van der Waals surface area contributed by atoms with Gasteiger partial charge in [-0.3, -0.25) is 4.99 Å². The normalized spacial score (nSPS) is 21.7. The Morgan fingerprint density at radius 3 is 2.78 bits per heavy atom. The number of hydrogen-bond donors (Lipinski definition) is 2. The van der Waals surface area contributed by atoms with Gasteiger partial charge < -0.3 is 10.6 Å². The Hall–Kier alpha value is -0.0200. The SMILES string of the molecule is CCSC1CCCC(NC(=NC)NCc2sc(C)nc2C)C1.I. The van der Waals surface area contributed by atoms with Crippen LogP contribution in [0, 0.1) is 13.8 Å². The fourth-order valence-corrected chi connectivity index (χ4v) is 5.00. The summed E-state index contributed by atoms with van der Waals surface area (Å²) in [5.41, 5.74) is 1.13. The van der Waals surface area contributed by atoms with Crippen LogP contribution in [0.3, 0.4) is 0 Å². The van der Waals surface area contributed by atoms with E-state index in [9.17, 15) is 0 Å². The maximum Gasteiger partial charge on any atom is 0.191 e. The van der Waals surface area contributed by atoms with Crippen LogP contribution < -0.4 is 10.6 Å². The van der Waals surface area contributed by atoms with E-state index in [0.717, 1.165) is 28.5 Å². The smallest absolute Gasteiger partial charge is 0.191 e. The van der Waals surface area contributed by atoms with Crippen molar-refractivity contribution in [1.82, 2.24) is 15.6 Å². The molecule has 1 saturated carbocycles. The molecule has 1 aromatic heterocycles. The van der Waals surface area contributed by atoms with Crippen molar-refractivity contribution in [2.75, 3.05) is 12.8 Å². The summed E-state index contributed by atoms with van der Waals surface area (Å²) in [4.78, 5) is 10.1. The number of guanidine groups is 1. The van der Waals surface area contributed by atoms with E-state index in [1.165, 1.54) is 36.3 Å². The molecule has 2 N–H and O–H groups in total. The van der Waals surface area contributed by atoms with Gasteiger partial charge in [0.2, 0.25) is 0 Å². The van der Waals surface area contributed by atoms with E-state index in [1.54, 1.807) is 11.3 Å². The first-order chi connectivity index (χ1) is 10.6. The fourth-order valence-electron chi connectivity index (χ4n) is 2.95. The first kappa shape index (κ1) is 21.0. The molecule has 0 amide bonds. The lowest BCUT2D eigenvalue weighted by molar-refractivity contribution is 0.419. The molecule has 1 fully saturated rings. The summed E-state index contributed by atoms with van der Waals surface area (Å²) in [6.45, 7) is 7.19. The standard InChI is InChI=1S/C16H28N4S2.HI/c1-5-21-14-8-6-7-13(9-14)20-16(17-4)18-10-15-11(2)19-12(3)22-15;/h13-14H,5-10H2,1-4H3,(H2,17,18,20);1H. The zero-order valence-corrected chi connectivity index (χ0v) is 18.5. The number of aromatic nitrogens is 1. The molecule has 0 saturated heterocycles. The van der Waals surface area contributed by atoms with E-state index < -0.39 is 0 Å². The molecule has 1 heterocycles. The summed E-state index contributed by atoms with van der Waals surface area (Å²) in [6, 6.07) is 0.549. The number of rotatable bonds is 5. The van der Waals surface area contributed by atoms with Gasteiger partial charge in [0.1, 0.15) is 0 Å². The predicted octanol–water partition coefficient (Wildman–Crippen LogP) is 4.11. The molecule has 0 bridgehead atoms. The van der Waals surface area contributed by atoms with Crippen LogP contribution in [0.5, 0.6) is 0 Å². The number of aryl methyl sites for hydroxylation is 2. The highest BCUT2D eigenvalue weighted by atomic mass is 127. The summed E-state index contributed by atoms with van der Waals surface area (Å²) >= 11 is 3.86. The van der Waals surface area contributed by atoms with Crippen LogP contribution >= 0.6 is 47.1 Å². The van der Waals surface area contributed by atoms with Crippen LogP contribution in [-0.4, -0.2) is 35.0 Å². The lowest BCUT2D eigenvalue weighted by Crippen LogP contribution is -2.45. The van der Waals surface area contributed by atoms with Gasteiger partial charge in [0, 0.05) is 23.2 Å². The maximum absolute atomic E-state index is 4.48. The van der Waals surface area contributed by atoms with Gasteiger partial charge in [-0.25, -0.2) is 4.98 Å². The molecule has 0 spiro atoms. The Kier molecular flexibility index (Phi) is 9.84. The summed E-state index contributed by atoms with van der Waals surface area (Å²) in [6.07, 6.45) is 5.18. The molecular weight excluding hydrogens is 439 g/mol. The van der Waals surface area contributed by atoms with Crippen molar-refractivity contribution >= 4 is 53.0 Å². The molecule has 23 heavy (non-hydrogen) atoms. The van der Waals surface area contributed by atoms with Crippen molar-refractivity contribution in [3.05, 3.63) is 15.6 Å². The third-order valence-corrected chi connectivity index (χ3v) is 6.31. The minimum atomic E-state index is 0. The van der Waals surface area contributed by atoms with Gasteiger partial charge in [0.25, 0.3) is 0 Å². The molecule has 1 aliphatic carbocycles. The van der Waals surface area contributed by atoms with E-state index in [-0.39, 0.29) is 24.0 Å². The molecule has 2 atom stereocenters. The van der Waals surface area contributed by atoms with E-state index in [0.29, 0.717) is 6.04 Å². The quantitative estimate of drug-likeness (QED) is 0.388. The molecule has 2 unspecified atom stereocenters. The van der Waals surface area contributed by atoms with Gasteiger partial charge in [0.15, 0.2) is 5.96 Å². The molecular formula is C16H29IN4S2. The number of halogens is 1. The van der Waals surface area contributed by atoms with E-state index >= 15 is 0 Å². The lowest BCUT2D eigenvalue weighted by atomic mass is 9.95. The summed E-state index contributed by atoms with van der Waals surface area (Å²) in [5.74, 6) is 2.13. The minimum Gasteiger partial charge on any atom is -0.354 e. The summed E-state index contributed by atoms with van der Waals surface area (Å²) < 4.78 is 0. The number of hydrogen-bond acceptors (Lipinski definition) is 4. The topological polar surface area (TPSA) is 49.3 Å². The Morgan fingerprint density at radius 1 is 1.39 bits per heavy atom. The van der Waals surface area contributed by atoms with Crippen molar-refractivity contribution in [1.29, 1.82) is 0 Å². The molecule has 7 heteroatoms. The van der Waals surface area contributed by atoms with Crippen molar-refractivity contribution in [3.63, 3.8) is 0 Å². The molecule has 0 aliphatic heterocycles. The van der Waals surface area contributed by atoms with Gasteiger partial charge in [0.05, 0.1) is 17.2 Å². The summed E-state index contributed by atoms with van der Waals surface area (Å²) in [7, 11) is 1.85. The van der Waals surface area contributed by atoms with Gasteiger partial charge >= 0.3 is 0 Å². The highest BCUT2D eigenvalue weighted by molar-refractivity contribution is 14.0. The highest BCUT2D eigenvalue weighted by Crippen LogP contribution is 2.28. The van der Waals surface area contributed by atoms with Crippen LogP contribution in [0.2, 0.25) is 0 Å². The van der Waals surface area contributed by atoms with Crippen molar-refractivity contribution in [2.24, 2.45) is 4.99 Å². The second-order valence-electron chi connectivity index (χ2n) is 5.75. The monoisotopic (exact) mass is 468 g/mol. The summed E-state index contributed by atoms with van der Waals surface area (Å²) in [5, 5.41) is 8.97. The second kappa shape index (κ2) is 10.8. The number of thioether (sulfide) groups is 1. The van der Waals surface area contributed by atoms with Crippen molar-refractivity contribution in [2.45, 2.75) is 64.3 Å². The zero-order chi connectivity index (χ0) is 15.9. The van der Waals surface area contributed by atoms with Gasteiger partial charge in [-0.15, -0.1) is 35.3 Å². The average Bonchev–Trinajstić information content (AvgIpc) is 2.82. The van der Waals surface area contributed by atoms with Gasteiger partial charge in [-0.1, -0.05) is 13.3 Å². The molecule has 132 valence electrons. The number of aliphatic imine (C=N–C) groups is 1. The first-order valence-electron chi connectivity index (χ1n) is 8.14. The van der Waals surface area contributed by atoms with E-state index in [2.05, 4.69) is 53.1 Å². The van der Waals surface area contributed by atoms with Crippen LogP contribution in [0.1, 0.15) is 48.2 Å². The molecule has 2 rings (SSSR count). The van der Waals surface area contributed by atoms with Crippen molar-refractivity contribution < 1.29 is 0 Å². The zero-order valence-electron chi connectivity index (χ0n) is 14.5. The maximum atomic E-state index is 4.48. The second-order valence-corrected chi connectivity index (χ2v) is 8.62. The number of nitrogens with one attached hydrogen (secondary N) is 2. The van der Waals surface area contributed by atoms with Crippen LogP contribution in [0.15, 0.2) is 4.99 Å². The average molecular weight is 468 g/mol. The minimum absolute atomic E-state index is 0.